The summed E-state index contributed by atoms with van der Waals surface area (Å²) >= 11 is 0. The molecular weight excluding hydrogens is 250 g/mol. The van der Waals surface area contributed by atoms with Gasteiger partial charge in [-0.3, -0.25) is 4.99 Å². The largest absolute Gasteiger partial charge is 0.496 e. The lowest BCUT2D eigenvalue weighted by Gasteiger charge is -2.14. The zero-order chi connectivity index (χ0) is 15.0. The van der Waals surface area contributed by atoms with Gasteiger partial charge in [0.1, 0.15) is 5.75 Å². The number of benzene rings is 1. The van der Waals surface area contributed by atoms with E-state index in [0.717, 1.165) is 31.2 Å². The van der Waals surface area contributed by atoms with Crippen molar-refractivity contribution in [2.45, 2.75) is 27.2 Å². The van der Waals surface area contributed by atoms with E-state index in [-0.39, 0.29) is 0 Å². The van der Waals surface area contributed by atoms with Crippen molar-refractivity contribution in [2.24, 2.45) is 10.9 Å². The van der Waals surface area contributed by atoms with Crippen LogP contribution in [0.3, 0.4) is 0 Å². The minimum absolute atomic E-state index is 0.602. The highest BCUT2D eigenvalue weighted by Crippen LogP contribution is 2.19. The molecule has 1 aromatic carbocycles. The number of guanidine groups is 1. The fraction of sp³-hybridized carbons (Fsp3) is 0.562. The lowest BCUT2D eigenvalue weighted by molar-refractivity contribution is 0.409. The molecule has 4 nitrogen and oxygen atoms in total. The summed E-state index contributed by atoms with van der Waals surface area (Å²) in [5.74, 6) is 2.40. The number of aliphatic imine (C=N–C) groups is 1. The minimum Gasteiger partial charge on any atom is -0.496 e. The van der Waals surface area contributed by atoms with Crippen LogP contribution in [0.25, 0.3) is 0 Å². The number of nitrogens with zero attached hydrogens (tertiary/aromatic N) is 1. The molecule has 0 saturated carbocycles. The third kappa shape index (κ3) is 5.51. The van der Waals surface area contributed by atoms with Crippen LogP contribution in [0, 0.1) is 12.8 Å². The number of methoxy groups -OCH3 is 1. The predicted molar refractivity (Wildman–Crippen MR) is 85.6 cm³/mol. The summed E-state index contributed by atoms with van der Waals surface area (Å²) in [6.07, 6.45) is 0.910. The number of rotatable bonds is 6. The van der Waals surface area contributed by atoms with Gasteiger partial charge in [-0.2, -0.15) is 0 Å². The van der Waals surface area contributed by atoms with Crippen LogP contribution in [0.4, 0.5) is 0 Å². The van der Waals surface area contributed by atoms with Crippen molar-refractivity contribution in [1.29, 1.82) is 0 Å². The van der Waals surface area contributed by atoms with Crippen LogP contribution in [0.5, 0.6) is 5.75 Å². The van der Waals surface area contributed by atoms with Crippen LogP contribution in [-0.2, 0) is 6.42 Å². The summed E-state index contributed by atoms with van der Waals surface area (Å²) in [6.45, 7) is 8.21. The molecule has 0 atom stereocenters. The molecule has 0 spiro atoms. The van der Waals surface area contributed by atoms with E-state index in [9.17, 15) is 0 Å². The molecule has 112 valence electrons. The molecule has 0 bridgehead atoms. The van der Waals surface area contributed by atoms with Gasteiger partial charge in [0.15, 0.2) is 5.96 Å². The molecule has 0 aliphatic heterocycles. The molecule has 0 saturated heterocycles. The quantitative estimate of drug-likeness (QED) is 0.620. The van der Waals surface area contributed by atoms with Gasteiger partial charge in [0.05, 0.1) is 7.11 Å². The lowest BCUT2D eigenvalue weighted by Crippen LogP contribution is -2.39. The highest BCUT2D eigenvalue weighted by Gasteiger charge is 2.04. The lowest BCUT2D eigenvalue weighted by atomic mass is 10.1. The molecule has 0 amide bonds. The van der Waals surface area contributed by atoms with Crippen molar-refractivity contribution in [3.8, 4) is 5.75 Å². The summed E-state index contributed by atoms with van der Waals surface area (Å²) in [5, 5.41) is 6.63. The van der Waals surface area contributed by atoms with Gasteiger partial charge in [0.25, 0.3) is 0 Å². The first-order valence-electron chi connectivity index (χ1n) is 7.14. The van der Waals surface area contributed by atoms with E-state index in [1.165, 1.54) is 11.1 Å². The Morgan fingerprint density at radius 2 is 2.05 bits per heavy atom. The molecule has 0 aliphatic rings. The van der Waals surface area contributed by atoms with E-state index in [1.54, 1.807) is 14.2 Å². The van der Waals surface area contributed by atoms with Crippen LogP contribution >= 0.6 is 0 Å². The third-order valence-corrected chi connectivity index (χ3v) is 3.02. The van der Waals surface area contributed by atoms with Crippen LogP contribution in [-0.4, -0.2) is 33.2 Å². The van der Waals surface area contributed by atoms with Gasteiger partial charge in [-0.1, -0.05) is 31.5 Å². The van der Waals surface area contributed by atoms with E-state index >= 15 is 0 Å². The average molecular weight is 277 g/mol. The molecule has 0 fully saturated rings. The van der Waals surface area contributed by atoms with Crippen LogP contribution in [0.1, 0.15) is 25.0 Å². The Bertz CT molecular complexity index is 441. The molecule has 1 rings (SSSR count). The summed E-state index contributed by atoms with van der Waals surface area (Å²) in [6, 6.07) is 6.26. The molecule has 0 unspecified atom stereocenters. The molecule has 2 N–H and O–H groups in total. The van der Waals surface area contributed by atoms with E-state index in [0.29, 0.717) is 5.92 Å². The maximum atomic E-state index is 5.39. The van der Waals surface area contributed by atoms with Gasteiger partial charge < -0.3 is 15.4 Å². The zero-order valence-corrected chi connectivity index (χ0v) is 13.3. The Labute approximate surface area is 122 Å². The van der Waals surface area contributed by atoms with Gasteiger partial charge in [0, 0.05) is 20.1 Å². The van der Waals surface area contributed by atoms with Crippen molar-refractivity contribution in [1.82, 2.24) is 10.6 Å². The van der Waals surface area contributed by atoms with Gasteiger partial charge >= 0.3 is 0 Å². The van der Waals surface area contributed by atoms with Crippen molar-refractivity contribution >= 4 is 5.96 Å². The fourth-order valence-corrected chi connectivity index (χ4v) is 1.94. The molecule has 4 heteroatoms. The first-order valence-corrected chi connectivity index (χ1v) is 7.14. The number of hydrogen-bond acceptors (Lipinski definition) is 2. The smallest absolute Gasteiger partial charge is 0.190 e. The van der Waals surface area contributed by atoms with Crippen LogP contribution < -0.4 is 15.4 Å². The van der Waals surface area contributed by atoms with E-state index < -0.39 is 0 Å². The van der Waals surface area contributed by atoms with Gasteiger partial charge in [-0.25, -0.2) is 0 Å². The van der Waals surface area contributed by atoms with Crippen LogP contribution in [0.15, 0.2) is 23.2 Å². The van der Waals surface area contributed by atoms with Crippen molar-refractivity contribution in [3.05, 3.63) is 29.3 Å². The Morgan fingerprint density at radius 1 is 1.30 bits per heavy atom. The van der Waals surface area contributed by atoms with Crippen LogP contribution in [0.2, 0.25) is 0 Å². The zero-order valence-electron chi connectivity index (χ0n) is 13.3. The average Bonchev–Trinajstić information content (AvgIpc) is 2.42. The van der Waals surface area contributed by atoms with E-state index in [1.807, 2.05) is 6.07 Å². The molecule has 20 heavy (non-hydrogen) atoms. The second-order valence-electron chi connectivity index (χ2n) is 5.34. The molecule has 0 aromatic heterocycles. The Hall–Kier alpha value is -1.71. The SMILES string of the molecule is CN=C(NCCc1cc(C)ccc1OC)NCC(C)C. The van der Waals surface area contributed by atoms with Gasteiger partial charge in [-0.05, 0) is 30.9 Å². The standard InChI is InChI=1S/C16H27N3O/c1-12(2)11-19-16(17-4)18-9-8-14-10-13(3)6-7-15(14)20-5/h6-7,10,12H,8-9,11H2,1-5H3,(H2,17,18,19). The highest BCUT2D eigenvalue weighted by atomic mass is 16.5. The minimum atomic E-state index is 0.602. The van der Waals surface area contributed by atoms with E-state index in [2.05, 4.69) is 48.5 Å². The number of hydrogen-bond donors (Lipinski definition) is 2. The van der Waals surface area contributed by atoms with Gasteiger partial charge in [0.2, 0.25) is 0 Å². The Kier molecular flexibility index (Phi) is 6.91. The topological polar surface area (TPSA) is 45.7 Å². The monoisotopic (exact) mass is 277 g/mol. The number of nitrogens with one attached hydrogen (secondary N) is 2. The molecule has 0 heterocycles. The first kappa shape index (κ1) is 16.3. The summed E-state index contributed by atoms with van der Waals surface area (Å²) < 4.78 is 5.39. The third-order valence-electron chi connectivity index (χ3n) is 3.02. The number of ether oxygens (including phenoxy) is 1. The van der Waals surface area contributed by atoms with Crippen molar-refractivity contribution in [2.75, 3.05) is 27.2 Å². The Balaban J connectivity index is 2.49. The maximum Gasteiger partial charge on any atom is 0.190 e. The summed E-state index contributed by atoms with van der Waals surface area (Å²) in [4.78, 5) is 4.21. The summed E-state index contributed by atoms with van der Waals surface area (Å²) in [5.41, 5.74) is 2.47. The van der Waals surface area contributed by atoms with Crippen molar-refractivity contribution < 1.29 is 4.74 Å². The number of aryl methyl sites for hydroxylation is 1. The van der Waals surface area contributed by atoms with E-state index in [4.69, 9.17) is 4.74 Å². The first-order chi connectivity index (χ1) is 9.56. The molecule has 0 aliphatic carbocycles. The molecule has 1 aromatic rings. The molecular formula is C16H27N3O. The van der Waals surface area contributed by atoms with Gasteiger partial charge in [-0.15, -0.1) is 0 Å². The predicted octanol–water partition coefficient (Wildman–Crippen LogP) is 2.37. The fourth-order valence-electron chi connectivity index (χ4n) is 1.94. The Morgan fingerprint density at radius 3 is 2.65 bits per heavy atom. The highest BCUT2D eigenvalue weighted by molar-refractivity contribution is 5.79. The maximum absolute atomic E-state index is 5.39. The second-order valence-corrected chi connectivity index (χ2v) is 5.34. The van der Waals surface area contributed by atoms with Crippen molar-refractivity contribution in [3.63, 3.8) is 0 Å². The molecule has 0 radical (unpaired) electrons. The summed E-state index contributed by atoms with van der Waals surface area (Å²) in [7, 11) is 3.51. The normalized spacial score (nSPS) is 11.6. The second kappa shape index (κ2) is 8.46.